The van der Waals surface area contributed by atoms with Gasteiger partial charge in [-0.3, -0.25) is 9.48 Å². The number of aliphatic carboxylic acids is 1. The second kappa shape index (κ2) is 6.40. The third-order valence-electron chi connectivity index (χ3n) is 4.31. The van der Waals surface area contributed by atoms with Crippen LogP contribution in [-0.2, 0) is 16.6 Å². The third-order valence-corrected chi connectivity index (χ3v) is 4.31. The van der Waals surface area contributed by atoms with Gasteiger partial charge >= 0.3 is 29.6 Å². The standard InChI is InChI=1S/C15H17N3O3.Na/c1-18-12-5-2-4-11(10(12)9-16-18)17-13(19)8-15(14(20)21)6-3-7-15;/h2,4-5,9H,3,6-8H2,1H3,(H,17,19)(H,20,21);/q;+1/p-1. The van der Waals surface area contributed by atoms with Gasteiger partial charge in [-0.05, 0) is 25.0 Å². The van der Waals surface area contributed by atoms with Gasteiger partial charge in [0, 0.05) is 30.2 Å². The molecule has 1 fully saturated rings. The number of carboxylic acids is 1. The molecule has 1 aromatic carbocycles. The van der Waals surface area contributed by atoms with Crippen LogP contribution < -0.4 is 40.0 Å². The van der Waals surface area contributed by atoms with Crippen LogP contribution in [0.2, 0.25) is 0 Å². The van der Waals surface area contributed by atoms with Gasteiger partial charge in [0.25, 0.3) is 0 Å². The molecule has 7 heteroatoms. The largest absolute Gasteiger partial charge is 1.00 e. The number of hydrogen-bond donors (Lipinski definition) is 1. The molecule has 22 heavy (non-hydrogen) atoms. The van der Waals surface area contributed by atoms with Gasteiger partial charge in [0.05, 0.1) is 17.4 Å². The van der Waals surface area contributed by atoms with Crippen molar-refractivity contribution >= 4 is 28.5 Å². The predicted molar refractivity (Wildman–Crippen MR) is 75.3 cm³/mol. The fourth-order valence-electron chi connectivity index (χ4n) is 2.84. The zero-order valence-electron chi connectivity index (χ0n) is 12.8. The van der Waals surface area contributed by atoms with Crippen LogP contribution >= 0.6 is 0 Å². The van der Waals surface area contributed by atoms with E-state index in [9.17, 15) is 14.7 Å². The summed E-state index contributed by atoms with van der Waals surface area (Å²) in [5.41, 5.74) is 0.580. The van der Waals surface area contributed by atoms with Crippen molar-refractivity contribution in [3.05, 3.63) is 24.4 Å². The normalized spacial score (nSPS) is 15.7. The molecule has 0 radical (unpaired) electrons. The maximum atomic E-state index is 12.1. The third kappa shape index (κ3) is 2.91. The van der Waals surface area contributed by atoms with Crippen LogP contribution in [-0.4, -0.2) is 21.7 Å². The summed E-state index contributed by atoms with van der Waals surface area (Å²) in [6, 6.07) is 5.53. The molecule has 0 saturated heterocycles. The van der Waals surface area contributed by atoms with Crippen LogP contribution in [0.4, 0.5) is 5.69 Å². The van der Waals surface area contributed by atoms with Gasteiger partial charge in [0.1, 0.15) is 0 Å². The summed E-state index contributed by atoms with van der Waals surface area (Å²) in [6.07, 6.45) is 3.51. The fraction of sp³-hybridized carbons (Fsp3) is 0.400. The summed E-state index contributed by atoms with van der Waals surface area (Å²) in [6.45, 7) is 0. The van der Waals surface area contributed by atoms with Crippen molar-refractivity contribution in [1.82, 2.24) is 9.78 Å². The Morgan fingerprint density at radius 1 is 1.41 bits per heavy atom. The van der Waals surface area contributed by atoms with Gasteiger partial charge in [-0.25, -0.2) is 0 Å². The van der Waals surface area contributed by atoms with E-state index in [-0.39, 0.29) is 41.9 Å². The number of aryl methyl sites for hydroxylation is 1. The number of anilines is 1. The molecule has 1 aliphatic carbocycles. The summed E-state index contributed by atoms with van der Waals surface area (Å²) in [7, 11) is 1.83. The molecular formula is C15H16N3NaO3. The molecule has 1 aliphatic rings. The van der Waals surface area contributed by atoms with Crippen molar-refractivity contribution in [2.24, 2.45) is 12.5 Å². The number of carbonyl (C=O) groups is 2. The monoisotopic (exact) mass is 309 g/mol. The Morgan fingerprint density at radius 3 is 2.73 bits per heavy atom. The number of aromatic nitrogens is 2. The molecule has 0 aliphatic heterocycles. The van der Waals surface area contributed by atoms with Crippen LogP contribution in [0.15, 0.2) is 24.4 Å². The number of hydrogen-bond acceptors (Lipinski definition) is 4. The zero-order valence-corrected chi connectivity index (χ0v) is 14.8. The van der Waals surface area contributed by atoms with Crippen molar-refractivity contribution in [2.75, 3.05) is 5.32 Å². The van der Waals surface area contributed by atoms with Crippen LogP contribution in [0, 0.1) is 5.41 Å². The fourth-order valence-corrected chi connectivity index (χ4v) is 2.84. The zero-order chi connectivity index (χ0) is 15.0. The smallest absolute Gasteiger partial charge is 0.550 e. The second-order valence-corrected chi connectivity index (χ2v) is 5.65. The van der Waals surface area contributed by atoms with Crippen LogP contribution in [0.3, 0.4) is 0 Å². The minimum atomic E-state index is -1.12. The average molecular weight is 309 g/mol. The number of benzene rings is 1. The van der Waals surface area contributed by atoms with Crippen LogP contribution in [0.5, 0.6) is 0 Å². The number of nitrogens with one attached hydrogen (secondary N) is 1. The van der Waals surface area contributed by atoms with Crippen molar-refractivity contribution in [1.29, 1.82) is 0 Å². The Labute approximate surface area is 150 Å². The molecule has 0 unspecified atom stereocenters. The number of amides is 1. The first-order chi connectivity index (χ1) is 10.0. The van der Waals surface area contributed by atoms with Crippen molar-refractivity contribution in [3.63, 3.8) is 0 Å². The van der Waals surface area contributed by atoms with Gasteiger partial charge in [0.2, 0.25) is 5.91 Å². The SMILES string of the molecule is Cn1ncc2c(NC(=O)CC3(C(=O)[O-])CCC3)cccc21.[Na+]. The van der Waals surface area contributed by atoms with E-state index in [1.807, 2.05) is 19.2 Å². The maximum Gasteiger partial charge on any atom is 1.00 e. The summed E-state index contributed by atoms with van der Waals surface area (Å²) in [4.78, 5) is 23.3. The molecule has 0 spiro atoms. The van der Waals surface area contributed by atoms with Gasteiger partial charge in [-0.1, -0.05) is 12.5 Å². The first-order valence-corrected chi connectivity index (χ1v) is 6.94. The van der Waals surface area contributed by atoms with Crippen molar-refractivity contribution in [3.8, 4) is 0 Å². The summed E-state index contributed by atoms with van der Waals surface area (Å²) < 4.78 is 1.72. The minimum absolute atomic E-state index is 0. The maximum absolute atomic E-state index is 12.1. The average Bonchev–Trinajstić information content (AvgIpc) is 2.77. The van der Waals surface area contributed by atoms with E-state index >= 15 is 0 Å². The number of rotatable bonds is 4. The van der Waals surface area contributed by atoms with Crippen molar-refractivity contribution < 1.29 is 44.3 Å². The van der Waals surface area contributed by atoms with Gasteiger partial charge in [-0.2, -0.15) is 5.10 Å². The Hall–Kier alpha value is -1.37. The molecule has 0 atom stereocenters. The van der Waals surface area contributed by atoms with E-state index in [4.69, 9.17) is 0 Å². The Morgan fingerprint density at radius 2 is 2.14 bits per heavy atom. The van der Waals surface area contributed by atoms with E-state index in [0.29, 0.717) is 18.5 Å². The minimum Gasteiger partial charge on any atom is -0.550 e. The first-order valence-electron chi connectivity index (χ1n) is 6.94. The summed E-state index contributed by atoms with van der Waals surface area (Å²) in [5.74, 6) is -1.42. The van der Waals surface area contributed by atoms with E-state index < -0.39 is 11.4 Å². The van der Waals surface area contributed by atoms with E-state index in [0.717, 1.165) is 17.3 Å². The molecule has 3 rings (SSSR count). The van der Waals surface area contributed by atoms with E-state index in [1.165, 1.54) is 0 Å². The van der Waals surface area contributed by atoms with Gasteiger partial charge in [-0.15, -0.1) is 0 Å². The Bertz CT molecular complexity index is 722. The molecular weight excluding hydrogens is 293 g/mol. The summed E-state index contributed by atoms with van der Waals surface area (Å²) >= 11 is 0. The van der Waals surface area contributed by atoms with E-state index in [1.54, 1.807) is 16.9 Å². The quantitative estimate of drug-likeness (QED) is 0.651. The molecule has 2 aromatic rings. The molecule has 1 heterocycles. The predicted octanol–water partition coefficient (Wildman–Crippen LogP) is -2.17. The van der Waals surface area contributed by atoms with E-state index in [2.05, 4.69) is 10.4 Å². The van der Waals surface area contributed by atoms with Gasteiger partial charge in [0.15, 0.2) is 0 Å². The Kier molecular flexibility index (Phi) is 4.94. The van der Waals surface area contributed by atoms with Gasteiger partial charge < -0.3 is 15.2 Å². The van der Waals surface area contributed by atoms with Crippen LogP contribution in [0.1, 0.15) is 25.7 Å². The van der Waals surface area contributed by atoms with Crippen molar-refractivity contribution in [2.45, 2.75) is 25.7 Å². The first kappa shape index (κ1) is 17.0. The topological polar surface area (TPSA) is 87.0 Å². The number of carbonyl (C=O) groups excluding carboxylic acids is 2. The molecule has 1 aromatic heterocycles. The second-order valence-electron chi connectivity index (χ2n) is 5.65. The molecule has 1 N–H and O–H groups in total. The Balaban J connectivity index is 0.00000176. The van der Waals surface area contributed by atoms with Crippen LogP contribution in [0.25, 0.3) is 10.9 Å². The molecule has 0 bridgehead atoms. The number of nitrogens with zero attached hydrogens (tertiary/aromatic N) is 2. The molecule has 6 nitrogen and oxygen atoms in total. The molecule has 1 amide bonds. The molecule has 1 saturated carbocycles. The number of carboxylic acid groups (broad SMARTS) is 1. The number of fused-ring (bicyclic) bond motifs is 1. The molecule has 110 valence electrons. The summed E-state index contributed by atoms with van der Waals surface area (Å²) in [5, 5.41) is 19.0.